The molecule has 1 aliphatic heterocycles. The third kappa shape index (κ3) is 5.62. The van der Waals surface area contributed by atoms with E-state index in [1.54, 1.807) is 54.6 Å². The van der Waals surface area contributed by atoms with E-state index in [9.17, 15) is 14.4 Å². The summed E-state index contributed by atoms with van der Waals surface area (Å²) in [6.45, 7) is 2.88. The van der Waals surface area contributed by atoms with E-state index in [0.29, 0.717) is 20.6 Å². The maximum absolute atomic E-state index is 12.7. The van der Waals surface area contributed by atoms with E-state index < -0.39 is 0 Å². The highest BCUT2D eigenvalue weighted by Crippen LogP contribution is 2.32. The van der Waals surface area contributed by atoms with Gasteiger partial charge in [0.25, 0.3) is 5.91 Å². The molecule has 0 atom stereocenters. The average Bonchev–Trinajstić information content (AvgIpc) is 2.95. The van der Waals surface area contributed by atoms with Gasteiger partial charge in [0, 0.05) is 25.2 Å². The highest BCUT2D eigenvalue weighted by atomic mass is 32.2. The van der Waals surface area contributed by atoms with Gasteiger partial charge >= 0.3 is 0 Å². The molecule has 1 saturated heterocycles. The molecule has 0 spiro atoms. The first-order valence-electron chi connectivity index (χ1n) is 8.89. The summed E-state index contributed by atoms with van der Waals surface area (Å²) >= 11 is 6.46. The van der Waals surface area contributed by atoms with Crippen LogP contribution in [0.15, 0.2) is 58.5 Å². The maximum atomic E-state index is 12.7. The minimum atomic E-state index is -0.304. The van der Waals surface area contributed by atoms with Crippen molar-refractivity contribution < 1.29 is 14.4 Å². The molecule has 0 unspecified atom stereocenters. The number of thiocarbonyl (C=S) groups is 1. The van der Waals surface area contributed by atoms with E-state index in [1.165, 1.54) is 36.8 Å². The number of carbonyl (C=O) groups excluding carboxylic acids is 3. The SMILES string of the molecule is CC(=O)Nc1ccc(/C=N\N2C(=O)/C(=C\c3ccc(NC(C)=O)cc3)SC2=S)cc1. The van der Waals surface area contributed by atoms with E-state index in [2.05, 4.69) is 15.7 Å². The fraction of sp³-hybridized carbons (Fsp3) is 0.0952. The Morgan fingerprint density at radius 2 is 1.43 bits per heavy atom. The van der Waals surface area contributed by atoms with Crippen LogP contribution in [-0.4, -0.2) is 33.3 Å². The number of hydrogen-bond donors (Lipinski definition) is 2. The molecule has 152 valence electrons. The molecule has 1 aliphatic rings. The van der Waals surface area contributed by atoms with Crippen LogP contribution in [0.25, 0.3) is 6.08 Å². The molecule has 2 aromatic rings. The number of carbonyl (C=O) groups is 3. The van der Waals surface area contributed by atoms with E-state index in [1.807, 2.05) is 0 Å². The van der Waals surface area contributed by atoms with Crippen molar-refractivity contribution in [2.75, 3.05) is 10.6 Å². The molecule has 3 amide bonds. The Balaban J connectivity index is 1.69. The van der Waals surface area contributed by atoms with Crippen LogP contribution >= 0.6 is 24.0 Å². The van der Waals surface area contributed by atoms with E-state index in [-0.39, 0.29) is 17.7 Å². The Morgan fingerprint density at radius 3 is 1.93 bits per heavy atom. The van der Waals surface area contributed by atoms with Gasteiger partial charge in [-0.2, -0.15) is 10.1 Å². The maximum Gasteiger partial charge on any atom is 0.286 e. The molecular formula is C21H18N4O3S2. The molecular weight excluding hydrogens is 420 g/mol. The van der Waals surface area contributed by atoms with Crippen LogP contribution in [0.2, 0.25) is 0 Å². The van der Waals surface area contributed by atoms with Gasteiger partial charge in [0.1, 0.15) is 0 Å². The highest BCUT2D eigenvalue weighted by Gasteiger charge is 2.32. The Morgan fingerprint density at radius 1 is 0.933 bits per heavy atom. The summed E-state index contributed by atoms with van der Waals surface area (Å²) in [5.74, 6) is -0.598. The topological polar surface area (TPSA) is 90.9 Å². The van der Waals surface area contributed by atoms with Gasteiger partial charge in [-0.3, -0.25) is 14.4 Å². The second-order valence-electron chi connectivity index (χ2n) is 6.34. The Hall–Kier alpha value is -3.30. The molecule has 1 fully saturated rings. The third-order valence-corrected chi connectivity index (χ3v) is 5.14. The van der Waals surface area contributed by atoms with Crippen molar-refractivity contribution in [3.05, 3.63) is 64.6 Å². The molecule has 30 heavy (non-hydrogen) atoms. The molecule has 0 radical (unpaired) electrons. The minimum absolute atomic E-state index is 0.147. The fourth-order valence-electron chi connectivity index (χ4n) is 2.56. The zero-order valence-corrected chi connectivity index (χ0v) is 17.8. The second-order valence-corrected chi connectivity index (χ2v) is 8.02. The number of amides is 3. The normalized spacial score (nSPS) is 15.1. The van der Waals surface area contributed by atoms with E-state index in [0.717, 1.165) is 11.1 Å². The molecule has 2 aromatic carbocycles. The smallest absolute Gasteiger partial charge is 0.286 e. The van der Waals surface area contributed by atoms with Gasteiger partial charge in [-0.25, -0.2) is 0 Å². The standard InChI is InChI=1S/C21H18N4O3S2/c1-13(26)23-17-7-3-15(4-8-17)11-19-20(28)25(21(29)30-19)22-12-16-5-9-18(10-6-16)24-14(2)27/h3-12H,1-2H3,(H,23,26)(H,24,27)/b19-11+,22-12-. The lowest BCUT2D eigenvalue weighted by Gasteiger charge is -2.06. The first-order chi connectivity index (χ1) is 14.3. The Labute approximate surface area is 183 Å². The van der Waals surface area contributed by atoms with Crippen molar-refractivity contribution in [3.63, 3.8) is 0 Å². The van der Waals surface area contributed by atoms with E-state index >= 15 is 0 Å². The molecule has 3 rings (SSSR count). The number of nitrogens with zero attached hydrogens (tertiary/aromatic N) is 2. The summed E-state index contributed by atoms with van der Waals surface area (Å²) < 4.78 is 0.340. The van der Waals surface area contributed by atoms with Gasteiger partial charge in [0.05, 0.1) is 11.1 Å². The van der Waals surface area contributed by atoms with Gasteiger partial charge in [-0.15, -0.1) is 0 Å². The lowest BCUT2D eigenvalue weighted by molar-refractivity contribution is -0.122. The number of benzene rings is 2. The summed E-state index contributed by atoms with van der Waals surface area (Å²) in [4.78, 5) is 35.3. The molecule has 0 saturated carbocycles. The predicted octanol–water partition coefficient (Wildman–Crippen LogP) is 3.84. The fourth-order valence-corrected chi connectivity index (χ4v) is 3.73. The van der Waals surface area contributed by atoms with Crippen molar-refractivity contribution in [1.29, 1.82) is 0 Å². The largest absolute Gasteiger partial charge is 0.326 e. The van der Waals surface area contributed by atoms with Crippen molar-refractivity contribution in [3.8, 4) is 0 Å². The van der Waals surface area contributed by atoms with Crippen LogP contribution in [0.5, 0.6) is 0 Å². The molecule has 7 nitrogen and oxygen atoms in total. The van der Waals surface area contributed by atoms with Crippen LogP contribution in [0, 0.1) is 0 Å². The monoisotopic (exact) mass is 438 g/mol. The van der Waals surface area contributed by atoms with Crippen molar-refractivity contribution >= 4 is 69.7 Å². The van der Waals surface area contributed by atoms with Gasteiger partial charge < -0.3 is 10.6 Å². The zero-order chi connectivity index (χ0) is 21.7. The van der Waals surface area contributed by atoms with Gasteiger partial charge in [0.15, 0.2) is 4.32 Å². The number of anilines is 2. The van der Waals surface area contributed by atoms with Crippen LogP contribution in [-0.2, 0) is 14.4 Å². The number of nitrogens with one attached hydrogen (secondary N) is 2. The molecule has 0 bridgehead atoms. The highest BCUT2D eigenvalue weighted by molar-refractivity contribution is 8.26. The lowest BCUT2D eigenvalue weighted by Crippen LogP contribution is -2.22. The average molecular weight is 439 g/mol. The molecule has 1 heterocycles. The summed E-state index contributed by atoms with van der Waals surface area (Å²) in [7, 11) is 0. The summed E-state index contributed by atoms with van der Waals surface area (Å²) in [6.07, 6.45) is 3.27. The second kappa shape index (κ2) is 9.47. The van der Waals surface area contributed by atoms with Crippen molar-refractivity contribution in [2.24, 2.45) is 5.10 Å². The van der Waals surface area contributed by atoms with Crippen molar-refractivity contribution in [1.82, 2.24) is 5.01 Å². The van der Waals surface area contributed by atoms with Crippen LogP contribution < -0.4 is 10.6 Å². The first kappa shape index (κ1) is 21.4. The minimum Gasteiger partial charge on any atom is -0.326 e. The van der Waals surface area contributed by atoms with E-state index in [4.69, 9.17) is 12.2 Å². The van der Waals surface area contributed by atoms with Crippen LogP contribution in [0.1, 0.15) is 25.0 Å². The molecule has 0 aromatic heterocycles. The Kier molecular flexibility index (Phi) is 6.76. The lowest BCUT2D eigenvalue weighted by atomic mass is 10.2. The number of hydrazone groups is 1. The zero-order valence-electron chi connectivity index (χ0n) is 16.2. The first-order valence-corrected chi connectivity index (χ1v) is 10.1. The third-order valence-electron chi connectivity index (χ3n) is 3.86. The van der Waals surface area contributed by atoms with Gasteiger partial charge in [-0.1, -0.05) is 36.0 Å². The quantitative estimate of drug-likeness (QED) is 0.421. The summed E-state index contributed by atoms with van der Waals surface area (Å²) in [5, 5.41) is 10.8. The van der Waals surface area contributed by atoms with Gasteiger partial charge in [-0.05, 0) is 53.7 Å². The number of thioether (sulfide) groups is 1. The van der Waals surface area contributed by atoms with Crippen LogP contribution in [0.4, 0.5) is 11.4 Å². The molecule has 2 N–H and O–H groups in total. The summed E-state index contributed by atoms with van der Waals surface area (Å²) in [5.41, 5.74) is 2.93. The Bertz CT molecular complexity index is 1060. The predicted molar refractivity (Wildman–Crippen MR) is 124 cm³/mol. The number of hydrogen-bond acceptors (Lipinski definition) is 6. The van der Waals surface area contributed by atoms with Crippen LogP contribution in [0.3, 0.4) is 0 Å². The molecule has 0 aliphatic carbocycles. The molecule has 9 heteroatoms. The summed E-state index contributed by atoms with van der Waals surface area (Å²) in [6, 6.07) is 14.2. The van der Waals surface area contributed by atoms with Crippen molar-refractivity contribution in [2.45, 2.75) is 13.8 Å². The number of rotatable bonds is 5. The van der Waals surface area contributed by atoms with Gasteiger partial charge in [0.2, 0.25) is 11.8 Å².